The van der Waals surface area contributed by atoms with E-state index in [0.29, 0.717) is 6.61 Å². The summed E-state index contributed by atoms with van der Waals surface area (Å²) in [7, 11) is -1.17. The van der Waals surface area contributed by atoms with Crippen molar-refractivity contribution < 1.29 is 18.8 Å². The highest BCUT2D eigenvalue weighted by molar-refractivity contribution is 7.60. The largest absolute Gasteiger partial charge is 0.465 e. The third-order valence-corrected chi connectivity index (χ3v) is 3.57. The monoisotopic (exact) mass is 251 g/mol. The first kappa shape index (κ1) is 15.6. The first-order chi connectivity index (χ1) is 7.34. The molecule has 0 saturated carbocycles. The maximum absolute atomic E-state index is 12.0. The maximum Gasteiger partial charge on any atom is 0.323 e. The molecule has 0 heterocycles. The van der Waals surface area contributed by atoms with E-state index in [1.165, 1.54) is 7.11 Å². The van der Waals surface area contributed by atoms with Crippen LogP contribution < -0.4 is 5.09 Å². The van der Waals surface area contributed by atoms with Gasteiger partial charge < -0.3 is 14.0 Å². The number of esters is 1. The molecule has 0 aromatic rings. The molecule has 0 bridgehead atoms. The van der Waals surface area contributed by atoms with Crippen molar-refractivity contribution in [3.05, 3.63) is 0 Å². The zero-order valence-corrected chi connectivity index (χ0v) is 11.5. The molecule has 0 radical (unpaired) electrons. The van der Waals surface area contributed by atoms with Gasteiger partial charge in [0.15, 0.2) is 7.29 Å². The number of carbonyl (C=O) groups is 1. The van der Waals surface area contributed by atoms with Gasteiger partial charge >= 0.3 is 5.97 Å². The predicted octanol–water partition coefficient (Wildman–Crippen LogP) is 1.68. The highest BCUT2D eigenvalue weighted by Gasteiger charge is 2.29. The first-order valence-electron chi connectivity index (χ1n) is 5.34. The average Bonchev–Trinajstić information content (AvgIpc) is 2.14. The Morgan fingerprint density at radius 1 is 1.44 bits per heavy atom. The molecule has 96 valence electrons. The van der Waals surface area contributed by atoms with Crippen LogP contribution >= 0.6 is 7.29 Å². The molecule has 1 N–H and O–H groups in total. The van der Waals surface area contributed by atoms with E-state index in [1.807, 2.05) is 13.8 Å². The Hall–Kier alpha value is -0.380. The molecule has 0 amide bonds. The van der Waals surface area contributed by atoms with Crippen LogP contribution in [-0.2, 0) is 18.8 Å². The van der Waals surface area contributed by atoms with Crippen LogP contribution in [0.2, 0.25) is 0 Å². The van der Waals surface area contributed by atoms with Crippen LogP contribution in [0.5, 0.6) is 0 Å². The number of hydrogen-bond acceptors (Lipinski definition) is 4. The van der Waals surface area contributed by atoms with Crippen LogP contribution in [0.4, 0.5) is 0 Å². The van der Waals surface area contributed by atoms with Crippen LogP contribution in [0.25, 0.3) is 0 Å². The summed E-state index contributed by atoms with van der Waals surface area (Å²) < 4.78 is 21.8. The van der Waals surface area contributed by atoms with Crippen molar-refractivity contribution in [2.45, 2.75) is 26.8 Å². The van der Waals surface area contributed by atoms with Gasteiger partial charge in [0.1, 0.15) is 12.4 Å². The smallest absolute Gasteiger partial charge is 0.323 e. The molecule has 16 heavy (non-hydrogen) atoms. The Balaban J connectivity index is 4.57. The van der Waals surface area contributed by atoms with Crippen molar-refractivity contribution in [1.29, 1.82) is 0 Å². The Bertz CT molecular complexity index is 268. The molecule has 0 saturated heterocycles. The summed E-state index contributed by atoms with van der Waals surface area (Å²) in [6.07, 6.45) is 0.107. The summed E-state index contributed by atoms with van der Waals surface area (Å²) in [4.78, 5) is 11.6. The van der Waals surface area contributed by atoms with E-state index in [9.17, 15) is 9.36 Å². The zero-order chi connectivity index (χ0) is 12.8. The van der Waals surface area contributed by atoms with Gasteiger partial charge in [-0.25, -0.2) is 0 Å². The van der Waals surface area contributed by atoms with Crippen LogP contribution in [0, 0.1) is 5.92 Å². The normalized spacial score (nSPS) is 16.9. The lowest BCUT2D eigenvalue weighted by atomic mass is 10.1. The molecule has 5 nitrogen and oxygen atoms in total. The zero-order valence-electron chi connectivity index (χ0n) is 10.6. The van der Waals surface area contributed by atoms with E-state index >= 15 is 0 Å². The van der Waals surface area contributed by atoms with Gasteiger partial charge in [0.05, 0.1) is 6.61 Å². The van der Waals surface area contributed by atoms with E-state index in [-0.39, 0.29) is 18.2 Å². The number of ether oxygens (including phenoxy) is 2. The summed E-state index contributed by atoms with van der Waals surface area (Å²) in [5, 5.41) is 2.83. The Labute approximate surface area is 97.3 Å². The lowest BCUT2D eigenvalue weighted by Crippen LogP contribution is -2.40. The van der Waals surface area contributed by atoms with Gasteiger partial charge in [-0.1, -0.05) is 13.8 Å². The van der Waals surface area contributed by atoms with E-state index in [4.69, 9.17) is 9.47 Å². The second-order valence-corrected chi connectivity index (χ2v) is 6.84. The minimum Gasteiger partial charge on any atom is -0.465 e. The second-order valence-electron chi connectivity index (χ2n) is 4.12. The molecule has 2 atom stereocenters. The van der Waals surface area contributed by atoms with Gasteiger partial charge in [0.2, 0.25) is 0 Å². The molecule has 0 aliphatic carbocycles. The predicted molar refractivity (Wildman–Crippen MR) is 63.8 cm³/mol. The molecule has 2 unspecified atom stereocenters. The molecule has 0 aliphatic rings. The number of carbonyl (C=O) groups excluding carboxylic acids is 1. The molecule has 6 heteroatoms. The lowest BCUT2D eigenvalue weighted by Gasteiger charge is -2.24. The average molecular weight is 251 g/mol. The van der Waals surface area contributed by atoms with Gasteiger partial charge in [-0.05, 0) is 12.8 Å². The van der Waals surface area contributed by atoms with Gasteiger partial charge in [0, 0.05) is 13.8 Å². The topological polar surface area (TPSA) is 64.6 Å². The molecule has 0 aliphatic heterocycles. The number of rotatable bonds is 7. The van der Waals surface area contributed by atoms with Gasteiger partial charge in [0.25, 0.3) is 0 Å². The third kappa shape index (κ3) is 5.64. The van der Waals surface area contributed by atoms with Crippen molar-refractivity contribution in [3.63, 3.8) is 0 Å². The molecule has 0 fully saturated rings. The molecule has 0 aromatic carbocycles. The number of hydrogen-bond donors (Lipinski definition) is 1. The molecule has 0 aromatic heterocycles. The van der Waals surface area contributed by atoms with Crippen LogP contribution in [0.15, 0.2) is 0 Å². The van der Waals surface area contributed by atoms with Crippen molar-refractivity contribution >= 4 is 13.3 Å². The first-order valence-corrected chi connectivity index (χ1v) is 7.68. The van der Waals surface area contributed by atoms with Crippen molar-refractivity contribution in [3.8, 4) is 0 Å². The van der Waals surface area contributed by atoms with Gasteiger partial charge in [-0.2, -0.15) is 0 Å². The molecular weight excluding hydrogens is 229 g/mol. The van der Waals surface area contributed by atoms with E-state index in [1.54, 1.807) is 13.6 Å². The van der Waals surface area contributed by atoms with Crippen LogP contribution in [0.1, 0.15) is 20.8 Å². The standard InChI is InChI=1S/C10H22NO4P/c1-6-15-10(12)9(8(2)3)11-16(5,13)7-14-4/h8-9H,6-7H2,1-5H3,(H,11,13). The van der Waals surface area contributed by atoms with E-state index < -0.39 is 13.3 Å². The fraction of sp³-hybridized carbons (Fsp3) is 0.900. The number of methoxy groups -OCH3 is 1. The molecular formula is C10H22NO4P. The van der Waals surface area contributed by atoms with Crippen LogP contribution in [0.3, 0.4) is 0 Å². The van der Waals surface area contributed by atoms with Crippen molar-refractivity contribution in [2.24, 2.45) is 5.92 Å². The maximum atomic E-state index is 12.0. The molecule has 0 spiro atoms. The van der Waals surface area contributed by atoms with Crippen molar-refractivity contribution in [2.75, 3.05) is 26.7 Å². The number of nitrogens with one attached hydrogen (secondary N) is 1. The summed E-state index contributed by atoms with van der Waals surface area (Å²) in [5.74, 6) is -0.347. The highest BCUT2D eigenvalue weighted by Crippen LogP contribution is 2.37. The summed E-state index contributed by atoms with van der Waals surface area (Å²) >= 11 is 0. The van der Waals surface area contributed by atoms with E-state index in [0.717, 1.165) is 0 Å². The third-order valence-electron chi connectivity index (χ3n) is 1.99. The SMILES string of the molecule is CCOC(=O)C(NP(C)(=O)COC)C(C)C. The fourth-order valence-electron chi connectivity index (χ4n) is 1.28. The van der Waals surface area contributed by atoms with Crippen LogP contribution in [-0.4, -0.2) is 38.7 Å². The van der Waals surface area contributed by atoms with E-state index in [2.05, 4.69) is 5.09 Å². The Kier molecular flexibility index (Phi) is 6.88. The Morgan fingerprint density at radius 3 is 2.38 bits per heavy atom. The minimum atomic E-state index is -2.65. The van der Waals surface area contributed by atoms with Crippen molar-refractivity contribution in [1.82, 2.24) is 5.09 Å². The summed E-state index contributed by atoms with van der Waals surface area (Å²) in [6, 6.07) is -0.550. The molecule has 0 rings (SSSR count). The quantitative estimate of drug-likeness (QED) is 0.551. The summed E-state index contributed by atoms with van der Waals surface area (Å²) in [5.41, 5.74) is 0. The summed E-state index contributed by atoms with van der Waals surface area (Å²) in [6.45, 7) is 7.38. The minimum absolute atomic E-state index is 0.0178. The Morgan fingerprint density at radius 2 is 2.00 bits per heavy atom. The van der Waals surface area contributed by atoms with Gasteiger partial charge in [-0.15, -0.1) is 0 Å². The van der Waals surface area contributed by atoms with Gasteiger partial charge in [-0.3, -0.25) is 9.88 Å². The highest BCUT2D eigenvalue weighted by atomic mass is 31.2. The lowest BCUT2D eigenvalue weighted by molar-refractivity contribution is -0.146. The fourth-order valence-corrected chi connectivity index (χ4v) is 2.84. The second kappa shape index (κ2) is 7.05.